The molecule has 0 heterocycles. The van der Waals surface area contributed by atoms with E-state index < -0.39 is 16.9 Å². The lowest BCUT2D eigenvalue weighted by Crippen LogP contribution is -2.30. The Labute approximate surface area is 116 Å². The molecule has 0 saturated heterocycles. The number of rotatable bonds is 6. The zero-order chi connectivity index (χ0) is 13.7. The van der Waals surface area contributed by atoms with Gasteiger partial charge in [-0.25, -0.2) is 0 Å². The molecule has 0 radical (unpaired) electrons. The molecule has 2 aromatic rings. The van der Waals surface area contributed by atoms with Crippen LogP contribution < -0.4 is 5.32 Å². The highest BCUT2D eigenvalue weighted by atomic mass is 32.2. The fourth-order valence-electron chi connectivity index (χ4n) is 1.95. The second-order valence-electron chi connectivity index (χ2n) is 4.48. The van der Waals surface area contributed by atoms with Crippen molar-refractivity contribution in [3.63, 3.8) is 0 Å². The molecule has 2 unspecified atom stereocenters. The minimum Gasteiger partial charge on any atom is -0.391 e. The van der Waals surface area contributed by atoms with Crippen molar-refractivity contribution in [1.82, 2.24) is 5.32 Å². The minimum absolute atomic E-state index is 0.269. The number of benzene rings is 2. The van der Waals surface area contributed by atoms with E-state index in [1.165, 1.54) is 0 Å². The lowest BCUT2D eigenvalue weighted by atomic mass is 10.1. The fraction of sp³-hybridized carbons (Fsp3) is 0.333. The Bertz CT molecular complexity index is 571. The topological polar surface area (TPSA) is 49.3 Å². The maximum atomic E-state index is 12.2. The number of hydrogen-bond acceptors (Lipinski definition) is 3. The first-order valence-electron chi connectivity index (χ1n) is 6.46. The largest absolute Gasteiger partial charge is 0.391 e. The molecular weight excluding hydrogens is 258 g/mol. The predicted octanol–water partition coefficient (Wildman–Crippen LogP) is 1.92. The van der Waals surface area contributed by atoms with E-state index in [0.717, 1.165) is 22.2 Å². The summed E-state index contributed by atoms with van der Waals surface area (Å²) in [6.45, 7) is 3.27. The molecule has 0 bridgehead atoms. The van der Waals surface area contributed by atoms with Gasteiger partial charge in [-0.05, 0) is 29.4 Å². The van der Waals surface area contributed by atoms with E-state index in [1.807, 2.05) is 49.4 Å². The molecule has 0 aliphatic carbocycles. The standard InChI is InChI=1S/C15H19NO2S/c1-2-16-10-14(17)11-19(18)15-8-7-12-5-3-4-6-13(12)9-15/h3-9,14,16-17H,2,10-11H2,1H3. The van der Waals surface area contributed by atoms with Crippen LogP contribution in [0.1, 0.15) is 6.92 Å². The minimum atomic E-state index is -1.16. The second kappa shape index (κ2) is 6.80. The molecule has 3 nitrogen and oxygen atoms in total. The van der Waals surface area contributed by atoms with E-state index in [4.69, 9.17) is 0 Å². The molecule has 0 amide bonds. The van der Waals surface area contributed by atoms with E-state index in [-0.39, 0.29) is 5.75 Å². The molecule has 0 aliphatic rings. The fourth-order valence-corrected chi connectivity index (χ4v) is 3.09. The Hall–Kier alpha value is -1.23. The molecule has 0 fully saturated rings. The quantitative estimate of drug-likeness (QED) is 0.848. The molecule has 0 spiro atoms. The Balaban J connectivity index is 2.08. The maximum absolute atomic E-state index is 12.2. The van der Waals surface area contributed by atoms with Crippen LogP contribution in [0, 0.1) is 0 Å². The molecule has 2 aromatic carbocycles. The number of hydrogen-bond donors (Lipinski definition) is 2. The summed E-state index contributed by atoms with van der Waals surface area (Å²) in [5.41, 5.74) is 0. The van der Waals surface area contributed by atoms with Crippen LogP contribution in [0.3, 0.4) is 0 Å². The summed E-state index contributed by atoms with van der Waals surface area (Å²) in [7, 11) is -1.16. The first-order valence-corrected chi connectivity index (χ1v) is 7.78. The predicted molar refractivity (Wildman–Crippen MR) is 79.8 cm³/mol. The Kier molecular flexibility index (Phi) is 5.07. The third-order valence-corrected chi connectivity index (χ3v) is 4.42. The van der Waals surface area contributed by atoms with Crippen molar-refractivity contribution < 1.29 is 9.32 Å². The summed E-state index contributed by atoms with van der Waals surface area (Å²) in [5.74, 6) is 0.269. The molecular formula is C15H19NO2S. The number of fused-ring (bicyclic) bond motifs is 1. The van der Waals surface area contributed by atoms with Crippen molar-refractivity contribution in [1.29, 1.82) is 0 Å². The van der Waals surface area contributed by atoms with Crippen LogP contribution in [-0.2, 0) is 10.8 Å². The van der Waals surface area contributed by atoms with Crippen LogP contribution in [0.2, 0.25) is 0 Å². The van der Waals surface area contributed by atoms with Gasteiger partial charge < -0.3 is 10.4 Å². The molecule has 2 rings (SSSR count). The average Bonchev–Trinajstić information content (AvgIpc) is 2.44. The van der Waals surface area contributed by atoms with Crippen molar-refractivity contribution in [2.45, 2.75) is 17.9 Å². The van der Waals surface area contributed by atoms with Gasteiger partial charge in [0.25, 0.3) is 0 Å². The van der Waals surface area contributed by atoms with E-state index in [1.54, 1.807) is 0 Å². The SMILES string of the molecule is CCNCC(O)CS(=O)c1ccc2ccccc2c1. The third-order valence-electron chi connectivity index (χ3n) is 2.96. The summed E-state index contributed by atoms with van der Waals surface area (Å²) < 4.78 is 12.2. The van der Waals surface area contributed by atoms with Gasteiger partial charge in [0.1, 0.15) is 0 Å². The number of likely N-dealkylation sites (N-methyl/N-ethyl adjacent to an activating group) is 1. The first kappa shape index (κ1) is 14.2. The van der Waals surface area contributed by atoms with Crippen LogP contribution in [0.4, 0.5) is 0 Å². The van der Waals surface area contributed by atoms with Crippen LogP contribution >= 0.6 is 0 Å². The average molecular weight is 277 g/mol. The van der Waals surface area contributed by atoms with E-state index >= 15 is 0 Å². The van der Waals surface area contributed by atoms with Crippen molar-refractivity contribution in [3.8, 4) is 0 Å². The summed E-state index contributed by atoms with van der Waals surface area (Å²) >= 11 is 0. The molecule has 2 atom stereocenters. The van der Waals surface area contributed by atoms with Crippen molar-refractivity contribution in [2.75, 3.05) is 18.8 Å². The second-order valence-corrected chi connectivity index (χ2v) is 5.98. The van der Waals surface area contributed by atoms with Gasteiger partial charge in [0.05, 0.1) is 22.7 Å². The monoisotopic (exact) mass is 277 g/mol. The number of nitrogens with one attached hydrogen (secondary N) is 1. The normalized spacial score (nSPS) is 14.4. The number of aliphatic hydroxyl groups excluding tert-OH is 1. The molecule has 0 saturated carbocycles. The molecule has 0 aromatic heterocycles. The lowest BCUT2D eigenvalue weighted by Gasteiger charge is -2.11. The van der Waals surface area contributed by atoms with E-state index in [9.17, 15) is 9.32 Å². The highest BCUT2D eigenvalue weighted by Gasteiger charge is 2.11. The van der Waals surface area contributed by atoms with Gasteiger partial charge in [-0.15, -0.1) is 0 Å². The van der Waals surface area contributed by atoms with Gasteiger partial charge >= 0.3 is 0 Å². The Morgan fingerprint density at radius 1 is 1.21 bits per heavy atom. The molecule has 19 heavy (non-hydrogen) atoms. The van der Waals surface area contributed by atoms with Crippen LogP contribution in [0.15, 0.2) is 47.4 Å². The summed E-state index contributed by atoms with van der Waals surface area (Å²) in [6, 6.07) is 13.8. The van der Waals surface area contributed by atoms with Crippen LogP contribution in [-0.4, -0.2) is 34.3 Å². The van der Waals surface area contributed by atoms with Crippen LogP contribution in [0.5, 0.6) is 0 Å². The third kappa shape index (κ3) is 3.86. The van der Waals surface area contributed by atoms with Crippen LogP contribution in [0.25, 0.3) is 10.8 Å². The first-order chi connectivity index (χ1) is 9.20. The van der Waals surface area contributed by atoms with Crippen molar-refractivity contribution >= 4 is 21.6 Å². The number of aliphatic hydroxyl groups is 1. The molecule has 0 aliphatic heterocycles. The zero-order valence-electron chi connectivity index (χ0n) is 11.0. The van der Waals surface area contributed by atoms with E-state index in [0.29, 0.717) is 6.54 Å². The Morgan fingerprint density at radius 3 is 2.68 bits per heavy atom. The van der Waals surface area contributed by atoms with Gasteiger partial charge in [-0.2, -0.15) is 0 Å². The summed E-state index contributed by atoms with van der Waals surface area (Å²) in [6.07, 6.45) is -0.577. The van der Waals surface area contributed by atoms with Crippen molar-refractivity contribution in [3.05, 3.63) is 42.5 Å². The van der Waals surface area contributed by atoms with Gasteiger partial charge in [0.2, 0.25) is 0 Å². The summed E-state index contributed by atoms with van der Waals surface area (Å²) in [5, 5.41) is 15.0. The lowest BCUT2D eigenvalue weighted by molar-refractivity contribution is 0.195. The maximum Gasteiger partial charge on any atom is 0.0783 e. The summed E-state index contributed by atoms with van der Waals surface area (Å²) in [4.78, 5) is 0.772. The zero-order valence-corrected chi connectivity index (χ0v) is 11.8. The molecule has 2 N–H and O–H groups in total. The highest BCUT2D eigenvalue weighted by Crippen LogP contribution is 2.18. The highest BCUT2D eigenvalue weighted by molar-refractivity contribution is 7.85. The molecule has 4 heteroatoms. The smallest absolute Gasteiger partial charge is 0.0783 e. The van der Waals surface area contributed by atoms with Gasteiger partial charge in [-0.1, -0.05) is 37.3 Å². The van der Waals surface area contributed by atoms with E-state index in [2.05, 4.69) is 5.32 Å². The van der Waals surface area contributed by atoms with Crippen molar-refractivity contribution in [2.24, 2.45) is 0 Å². The molecule has 102 valence electrons. The Morgan fingerprint density at radius 2 is 1.95 bits per heavy atom. The van der Waals surface area contributed by atoms with Gasteiger partial charge in [-0.3, -0.25) is 4.21 Å². The van der Waals surface area contributed by atoms with Gasteiger partial charge in [0.15, 0.2) is 0 Å². The van der Waals surface area contributed by atoms with Gasteiger partial charge in [0, 0.05) is 11.4 Å².